The van der Waals surface area contributed by atoms with Crippen molar-refractivity contribution in [1.82, 2.24) is 5.32 Å². The van der Waals surface area contributed by atoms with Gasteiger partial charge in [-0.2, -0.15) is 0 Å². The van der Waals surface area contributed by atoms with E-state index in [1.807, 2.05) is 6.07 Å². The van der Waals surface area contributed by atoms with Crippen LogP contribution in [-0.4, -0.2) is 40.3 Å². The molecule has 0 unspecified atom stereocenters. The summed E-state index contributed by atoms with van der Waals surface area (Å²) in [4.78, 5) is 11.9. The average molecular weight is 394 g/mol. The van der Waals surface area contributed by atoms with Gasteiger partial charge in [-0.25, -0.2) is 12.8 Å². The van der Waals surface area contributed by atoms with E-state index in [1.54, 1.807) is 24.3 Å². The molecule has 0 atom stereocenters. The van der Waals surface area contributed by atoms with Crippen LogP contribution < -0.4 is 14.4 Å². The second kappa shape index (κ2) is 9.91. The lowest BCUT2D eigenvalue weighted by atomic mass is 10.2. The van der Waals surface area contributed by atoms with Gasteiger partial charge in [0.15, 0.2) is 0 Å². The molecule has 2 aromatic carbocycles. The number of halogens is 1. The summed E-state index contributed by atoms with van der Waals surface area (Å²) >= 11 is 0. The lowest BCUT2D eigenvalue weighted by Crippen LogP contribution is -2.32. The van der Waals surface area contributed by atoms with E-state index in [-0.39, 0.29) is 31.3 Å². The van der Waals surface area contributed by atoms with Gasteiger partial charge >= 0.3 is 0 Å². The maximum absolute atomic E-state index is 12.8. The number of amides is 1. The number of benzene rings is 2. The van der Waals surface area contributed by atoms with E-state index in [9.17, 15) is 17.6 Å². The molecule has 0 bridgehead atoms. The van der Waals surface area contributed by atoms with E-state index in [1.165, 1.54) is 28.6 Å². The van der Waals surface area contributed by atoms with E-state index in [2.05, 4.69) is 5.32 Å². The van der Waals surface area contributed by atoms with Gasteiger partial charge in [-0.05, 0) is 42.8 Å². The second-order valence-corrected chi connectivity index (χ2v) is 7.83. The van der Waals surface area contributed by atoms with Gasteiger partial charge in [-0.3, -0.25) is 9.10 Å². The molecule has 2 rings (SSSR count). The quantitative estimate of drug-likeness (QED) is 0.629. The number of sulfonamides is 1. The van der Waals surface area contributed by atoms with Crippen LogP contribution in [-0.2, 0) is 14.8 Å². The van der Waals surface area contributed by atoms with Crippen molar-refractivity contribution in [3.8, 4) is 5.75 Å². The summed E-state index contributed by atoms with van der Waals surface area (Å²) in [5.74, 6) is 0.00539. The Labute approximate surface area is 159 Å². The Morgan fingerprint density at radius 3 is 2.41 bits per heavy atom. The van der Waals surface area contributed by atoms with Crippen LogP contribution in [0.25, 0.3) is 0 Å². The molecule has 27 heavy (non-hydrogen) atoms. The number of ether oxygens (including phenoxy) is 1. The third-order valence-corrected chi connectivity index (χ3v) is 4.91. The zero-order chi connectivity index (χ0) is 19.7. The van der Waals surface area contributed by atoms with Crippen LogP contribution in [0.5, 0.6) is 5.75 Å². The van der Waals surface area contributed by atoms with Crippen molar-refractivity contribution in [1.29, 1.82) is 0 Å². The highest BCUT2D eigenvalue weighted by atomic mass is 32.2. The predicted octanol–water partition coefficient (Wildman–Crippen LogP) is 2.57. The molecule has 0 fully saturated rings. The molecular weight excluding hydrogens is 371 g/mol. The van der Waals surface area contributed by atoms with Gasteiger partial charge in [0.05, 0.1) is 18.5 Å². The fourth-order valence-corrected chi connectivity index (χ4v) is 3.41. The summed E-state index contributed by atoms with van der Waals surface area (Å²) in [7, 11) is -3.42. The minimum Gasteiger partial charge on any atom is -0.492 e. The monoisotopic (exact) mass is 394 g/mol. The third-order valence-electron chi connectivity index (χ3n) is 3.72. The molecule has 0 heterocycles. The summed E-state index contributed by atoms with van der Waals surface area (Å²) in [5.41, 5.74) is 0.577. The summed E-state index contributed by atoms with van der Waals surface area (Å²) in [6.07, 6.45) is 1.74. The summed E-state index contributed by atoms with van der Waals surface area (Å²) in [6.45, 7) is 0.796. The van der Waals surface area contributed by atoms with Crippen molar-refractivity contribution < 1.29 is 22.3 Å². The number of hydrogen-bond acceptors (Lipinski definition) is 4. The Kier molecular flexibility index (Phi) is 7.60. The number of para-hydroxylation sites is 1. The molecule has 0 aromatic heterocycles. The molecule has 146 valence electrons. The van der Waals surface area contributed by atoms with E-state index >= 15 is 0 Å². The SMILES string of the molecule is CS(=O)(=O)N(CCCC(=O)NCCOc1ccc(F)cc1)c1ccccc1. The Hall–Kier alpha value is -2.61. The van der Waals surface area contributed by atoms with Crippen molar-refractivity contribution in [2.45, 2.75) is 12.8 Å². The number of carbonyl (C=O) groups is 1. The smallest absolute Gasteiger partial charge is 0.232 e. The Morgan fingerprint density at radius 2 is 1.78 bits per heavy atom. The van der Waals surface area contributed by atoms with Crippen LogP contribution in [0.3, 0.4) is 0 Å². The molecule has 0 spiro atoms. The number of anilines is 1. The van der Waals surface area contributed by atoms with Crippen LogP contribution in [0.4, 0.5) is 10.1 Å². The molecule has 0 radical (unpaired) electrons. The van der Waals surface area contributed by atoms with Gasteiger partial charge in [0.1, 0.15) is 18.2 Å². The van der Waals surface area contributed by atoms with Crippen molar-refractivity contribution in [3.63, 3.8) is 0 Å². The number of nitrogens with one attached hydrogen (secondary N) is 1. The van der Waals surface area contributed by atoms with Gasteiger partial charge < -0.3 is 10.1 Å². The number of nitrogens with zero attached hydrogens (tertiary/aromatic N) is 1. The molecule has 1 N–H and O–H groups in total. The zero-order valence-electron chi connectivity index (χ0n) is 15.1. The number of rotatable bonds is 10. The average Bonchev–Trinajstić information content (AvgIpc) is 2.63. The van der Waals surface area contributed by atoms with Crippen molar-refractivity contribution in [2.24, 2.45) is 0 Å². The molecule has 1 amide bonds. The van der Waals surface area contributed by atoms with Crippen LogP contribution in [0.1, 0.15) is 12.8 Å². The molecule has 0 aliphatic heterocycles. The first-order chi connectivity index (χ1) is 12.9. The number of carbonyl (C=O) groups excluding carboxylic acids is 1. The molecule has 6 nitrogen and oxygen atoms in total. The van der Waals surface area contributed by atoms with Crippen molar-refractivity contribution in [3.05, 3.63) is 60.4 Å². The predicted molar refractivity (Wildman–Crippen MR) is 103 cm³/mol. The van der Waals surface area contributed by atoms with Gasteiger partial charge in [0.25, 0.3) is 0 Å². The molecule has 2 aromatic rings. The highest BCUT2D eigenvalue weighted by Gasteiger charge is 2.17. The lowest BCUT2D eigenvalue weighted by Gasteiger charge is -2.22. The second-order valence-electron chi connectivity index (χ2n) is 5.93. The van der Waals surface area contributed by atoms with Crippen LogP contribution in [0.15, 0.2) is 54.6 Å². The first-order valence-electron chi connectivity index (χ1n) is 8.54. The van der Waals surface area contributed by atoms with Crippen LogP contribution in [0.2, 0.25) is 0 Å². The third kappa shape index (κ3) is 7.26. The van der Waals surface area contributed by atoms with Crippen LogP contribution in [0, 0.1) is 5.82 Å². The zero-order valence-corrected chi connectivity index (χ0v) is 15.9. The minimum absolute atomic E-state index is 0.181. The Bertz CT molecular complexity index is 827. The Morgan fingerprint density at radius 1 is 1.11 bits per heavy atom. The largest absolute Gasteiger partial charge is 0.492 e. The Balaban J connectivity index is 1.70. The normalized spacial score (nSPS) is 11.0. The van der Waals surface area contributed by atoms with Crippen molar-refractivity contribution >= 4 is 21.6 Å². The highest BCUT2D eigenvalue weighted by molar-refractivity contribution is 7.92. The maximum Gasteiger partial charge on any atom is 0.232 e. The van der Waals surface area contributed by atoms with Gasteiger partial charge in [-0.1, -0.05) is 18.2 Å². The first kappa shape index (κ1) is 20.7. The van der Waals surface area contributed by atoms with E-state index in [4.69, 9.17) is 4.74 Å². The summed E-state index contributed by atoms with van der Waals surface area (Å²) < 4.78 is 43.4. The van der Waals surface area contributed by atoms with E-state index in [0.717, 1.165) is 6.26 Å². The molecule has 0 saturated heterocycles. The summed E-state index contributed by atoms with van der Waals surface area (Å²) in [6, 6.07) is 14.4. The lowest BCUT2D eigenvalue weighted by molar-refractivity contribution is -0.121. The maximum atomic E-state index is 12.8. The van der Waals surface area contributed by atoms with E-state index in [0.29, 0.717) is 24.4 Å². The fourth-order valence-electron chi connectivity index (χ4n) is 2.44. The minimum atomic E-state index is -3.42. The summed E-state index contributed by atoms with van der Waals surface area (Å²) in [5, 5.41) is 2.71. The van der Waals surface area contributed by atoms with Crippen molar-refractivity contribution in [2.75, 3.05) is 30.3 Å². The molecule has 0 saturated carbocycles. The van der Waals surface area contributed by atoms with Gasteiger partial charge in [0.2, 0.25) is 15.9 Å². The number of hydrogen-bond donors (Lipinski definition) is 1. The highest BCUT2D eigenvalue weighted by Crippen LogP contribution is 2.17. The van der Waals surface area contributed by atoms with Gasteiger partial charge in [0, 0.05) is 13.0 Å². The van der Waals surface area contributed by atoms with E-state index < -0.39 is 10.0 Å². The van der Waals surface area contributed by atoms with Gasteiger partial charge in [-0.15, -0.1) is 0 Å². The first-order valence-corrected chi connectivity index (χ1v) is 10.4. The topological polar surface area (TPSA) is 75.7 Å². The van der Waals surface area contributed by atoms with Crippen LogP contribution >= 0.6 is 0 Å². The molecule has 8 heteroatoms. The molecule has 0 aliphatic carbocycles. The standard InChI is InChI=1S/C19H23FN2O4S/c1-27(24,25)22(17-6-3-2-4-7-17)14-5-8-19(23)21-13-15-26-18-11-9-16(20)10-12-18/h2-4,6-7,9-12H,5,8,13-15H2,1H3,(H,21,23). The molecular formula is C19H23FN2O4S. The molecule has 0 aliphatic rings. The fraction of sp³-hybridized carbons (Fsp3) is 0.316.